The van der Waals surface area contributed by atoms with Gasteiger partial charge in [0.2, 0.25) is 0 Å². The summed E-state index contributed by atoms with van der Waals surface area (Å²) in [5, 5.41) is 0. The second-order valence-electron chi connectivity index (χ2n) is 4.19. The predicted molar refractivity (Wildman–Crippen MR) is 70.1 cm³/mol. The maximum atomic E-state index is 13.1. The molecule has 3 heteroatoms. The van der Waals surface area contributed by atoms with Crippen LogP contribution in [-0.4, -0.2) is 7.85 Å². The molecule has 0 bridgehead atoms. The monoisotopic (exact) mass is 228 g/mol. The van der Waals surface area contributed by atoms with E-state index in [1.807, 2.05) is 38.2 Å². The fourth-order valence-electron chi connectivity index (χ4n) is 1.60. The highest BCUT2D eigenvalue weighted by Gasteiger charge is 2.00. The van der Waals surface area contributed by atoms with Crippen molar-refractivity contribution in [2.45, 2.75) is 13.5 Å². The molecule has 2 aromatic carbocycles. The van der Waals surface area contributed by atoms with Crippen LogP contribution in [0.1, 0.15) is 11.1 Å². The molecule has 0 heterocycles. The lowest BCUT2D eigenvalue weighted by Crippen LogP contribution is -2.01. The Kier molecular flexibility index (Phi) is 3.47. The predicted octanol–water partition coefficient (Wildman–Crippen LogP) is 1.97. The summed E-state index contributed by atoms with van der Waals surface area (Å²) in [5.41, 5.74) is 2.83. The van der Waals surface area contributed by atoms with Crippen molar-refractivity contribution in [2.24, 2.45) is 0 Å². The Bertz CT molecular complexity index is 508. The van der Waals surface area contributed by atoms with Crippen LogP contribution in [0.5, 0.6) is 5.75 Å². The quantitative estimate of drug-likeness (QED) is 0.730. The Morgan fingerprint density at radius 2 is 1.82 bits per heavy atom. The van der Waals surface area contributed by atoms with Gasteiger partial charge in [0.05, 0.1) is 0 Å². The molecule has 2 rings (SSSR count). The van der Waals surface area contributed by atoms with Crippen LogP contribution in [0.15, 0.2) is 42.5 Å². The van der Waals surface area contributed by atoms with Gasteiger partial charge in [-0.3, -0.25) is 0 Å². The van der Waals surface area contributed by atoms with Gasteiger partial charge >= 0.3 is 0 Å². The van der Waals surface area contributed by atoms with Gasteiger partial charge in [-0.2, -0.15) is 0 Å². The average Bonchev–Trinajstić information content (AvgIpc) is 2.33. The van der Waals surface area contributed by atoms with Gasteiger partial charge in [0.15, 0.2) is 0 Å². The van der Waals surface area contributed by atoms with Crippen molar-refractivity contribution in [3.8, 4) is 5.75 Å². The van der Waals surface area contributed by atoms with E-state index in [1.54, 1.807) is 13.0 Å². The molecule has 0 spiro atoms. The van der Waals surface area contributed by atoms with E-state index in [-0.39, 0.29) is 5.82 Å². The van der Waals surface area contributed by atoms with Crippen LogP contribution in [0, 0.1) is 12.7 Å². The van der Waals surface area contributed by atoms with Crippen LogP contribution >= 0.6 is 0 Å². The molecular formula is C14H14BFO. The zero-order valence-corrected chi connectivity index (χ0v) is 10.0. The number of hydrogen-bond donors (Lipinski definition) is 0. The molecule has 0 unspecified atom stereocenters. The summed E-state index contributed by atoms with van der Waals surface area (Å²) in [6, 6.07) is 12.9. The number of benzene rings is 2. The fraction of sp³-hybridized carbons (Fsp3) is 0.143. The van der Waals surface area contributed by atoms with Crippen molar-refractivity contribution in [3.05, 3.63) is 59.4 Å². The molecule has 0 saturated carbocycles. The summed E-state index contributed by atoms with van der Waals surface area (Å²) in [7, 11) is 2.03. The normalized spacial score (nSPS) is 10.2. The largest absolute Gasteiger partial charge is 0.489 e. The zero-order chi connectivity index (χ0) is 12.3. The van der Waals surface area contributed by atoms with E-state index in [2.05, 4.69) is 0 Å². The molecule has 17 heavy (non-hydrogen) atoms. The highest BCUT2D eigenvalue weighted by molar-refractivity contribution is 6.32. The average molecular weight is 228 g/mol. The number of rotatable bonds is 3. The minimum absolute atomic E-state index is 0.177. The first-order valence-electron chi connectivity index (χ1n) is 5.59. The molecule has 0 aromatic heterocycles. The van der Waals surface area contributed by atoms with Crippen molar-refractivity contribution in [1.82, 2.24) is 0 Å². The Hall–Kier alpha value is -1.77. The fourth-order valence-corrected chi connectivity index (χ4v) is 1.60. The van der Waals surface area contributed by atoms with Crippen LogP contribution in [0.25, 0.3) is 0 Å². The van der Waals surface area contributed by atoms with Gasteiger partial charge in [0, 0.05) is 0 Å². The highest BCUT2D eigenvalue weighted by Crippen LogP contribution is 2.13. The van der Waals surface area contributed by atoms with E-state index < -0.39 is 0 Å². The van der Waals surface area contributed by atoms with Crippen molar-refractivity contribution in [3.63, 3.8) is 0 Å². The van der Waals surface area contributed by atoms with Crippen LogP contribution < -0.4 is 10.2 Å². The van der Waals surface area contributed by atoms with Crippen LogP contribution in [0.2, 0.25) is 0 Å². The molecule has 0 atom stereocenters. The molecular weight excluding hydrogens is 214 g/mol. The van der Waals surface area contributed by atoms with Gasteiger partial charge in [-0.05, 0) is 42.3 Å². The smallest absolute Gasteiger partial charge is 0.139 e. The van der Waals surface area contributed by atoms with Gasteiger partial charge in [0.25, 0.3) is 0 Å². The maximum Gasteiger partial charge on any atom is 0.139 e. The molecule has 0 aliphatic heterocycles. The summed E-state index contributed by atoms with van der Waals surface area (Å²) in [4.78, 5) is 0. The van der Waals surface area contributed by atoms with Crippen molar-refractivity contribution in [1.29, 1.82) is 0 Å². The van der Waals surface area contributed by atoms with Gasteiger partial charge in [0.1, 0.15) is 26.0 Å². The van der Waals surface area contributed by atoms with Gasteiger partial charge in [-0.15, -0.1) is 0 Å². The van der Waals surface area contributed by atoms with Gasteiger partial charge < -0.3 is 4.74 Å². The summed E-state index contributed by atoms with van der Waals surface area (Å²) in [5.74, 6) is 0.654. The van der Waals surface area contributed by atoms with Crippen LogP contribution in [0.3, 0.4) is 0 Å². The van der Waals surface area contributed by atoms with Crippen molar-refractivity contribution >= 4 is 13.3 Å². The third kappa shape index (κ3) is 3.10. The summed E-state index contributed by atoms with van der Waals surface area (Å²) in [6.07, 6.45) is 0. The summed E-state index contributed by atoms with van der Waals surface area (Å²) in [6.45, 7) is 2.22. The first-order valence-corrected chi connectivity index (χ1v) is 5.59. The number of hydrogen-bond acceptors (Lipinski definition) is 1. The molecule has 0 radical (unpaired) electrons. The molecule has 0 N–H and O–H groups in total. The van der Waals surface area contributed by atoms with Gasteiger partial charge in [-0.1, -0.05) is 23.7 Å². The first kappa shape index (κ1) is 11.7. The van der Waals surface area contributed by atoms with Crippen molar-refractivity contribution in [2.75, 3.05) is 0 Å². The minimum atomic E-state index is -0.177. The van der Waals surface area contributed by atoms with E-state index in [9.17, 15) is 4.39 Å². The Morgan fingerprint density at radius 1 is 1.12 bits per heavy atom. The molecule has 2 aromatic rings. The minimum Gasteiger partial charge on any atom is -0.489 e. The molecule has 86 valence electrons. The summed E-state index contributed by atoms with van der Waals surface area (Å²) < 4.78 is 18.7. The SMILES string of the molecule is Bc1ccc(OCc2ccc(F)c(C)c2)cc1. The lowest BCUT2D eigenvalue weighted by atomic mass is 9.97. The second kappa shape index (κ2) is 5.04. The highest BCUT2D eigenvalue weighted by atomic mass is 19.1. The maximum absolute atomic E-state index is 13.1. The van der Waals surface area contributed by atoms with E-state index >= 15 is 0 Å². The topological polar surface area (TPSA) is 9.23 Å². The van der Waals surface area contributed by atoms with E-state index in [0.29, 0.717) is 12.2 Å². The standard InChI is InChI=1S/C14H14BFO/c1-10-8-11(2-7-14(10)16)9-17-13-5-3-12(15)4-6-13/h2-8H,9,15H2,1H3. The number of aryl methyl sites for hydroxylation is 1. The van der Waals surface area contributed by atoms with Gasteiger partial charge in [-0.25, -0.2) is 4.39 Å². The number of ether oxygens (including phenoxy) is 1. The summed E-state index contributed by atoms with van der Waals surface area (Å²) >= 11 is 0. The zero-order valence-electron chi connectivity index (χ0n) is 10.0. The van der Waals surface area contributed by atoms with Crippen LogP contribution in [-0.2, 0) is 6.61 Å². The molecule has 0 amide bonds. The lowest BCUT2D eigenvalue weighted by molar-refractivity contribution is 0.306. The first-order chi connectivity index (χ1) is 8.15. The molecule has 0 aliphatic carbocycles. The van der Waals surface area contributed by atoms with E-state index in [4.69, 9.17) is 4.74 Å². The number of halogens is 1. The van der Waals surface area contributed by atoms with Crippen molar-refractivity contribution < 1.29 is 9.13 Å². The third-order valence-corrected chi connectivity index (χ3v) is 2.65. The lowest BCUT2D eigenvalue weighted by Gasteiger charge is -2.07. The Balaban J connectivity index is 2.02. The Morgan fingerprint density at radius 3 is 2.47 bits per heavy atom. The molecule has 0 saturated heterocycles. The Labute approximate surface area is 102 Å². The molecule has 1 nitrogen and oxygen atoms in total. The van der Waals surface area contributed by atoms with E-state index in [1.165, 1.54) is 11.5 Å². The third-order valence-electron chi connectivity index (χ3n) is 2.65. The van der Waals surface area contributed by atoms with E-state index in [0.717, 1.165) is 11.3 Å². The molecule has 0 fully saturated rings. The molecule has 0 aliphatic rings. The van der Waals surface area contributed by atoms with Crippen LogP contribution in [0.4, 0.5) is 4.39 Å². The second-order valence-corrected chi connectivity index (χ2v) is 4.19.